The van der Waals surface area contributed by atoms with E-state index in [1.54, 1.807) is 0 Å². The first-order valence-electron chi connectivity index (χ1n) is 5.22. The van der Waals surface area contributed by atoms with Gasteiger partial charge in [-0.25, -0.2) is 0 Å². The van der Waals surface area contributed by atoms with E-state index in [4.69, 9.17) is 10.5 Å². The monoisotopic (exact) mass is 219 g/mol. The fraction of sp³-hybridized carbons (Fsp3) is 1.00. The molecule has 1 aliphatic rings. The fourth-order valence-corrected chi connectivity index (χ4v) is 2.81. The Morgan fingerprint density at radius 2 is 2.36 bits per heavy atom. The van der Waals surface area contributed by atoms with Crippen LogP contribution in [-0.4, -0.2) is 41.0 Å². The highest BCUT2D eigenvalue weighted by Gasteiger charge is 2.36. The molecule has 2 atom stereocenters. The topological polar surface area (TPSA) is 55.5 Å². The zero-order valence-electron chi connectivity index (χ0n) is 9.03. The number of nitrogens with two attached hydrogens (primary N) is 1. The Balaban J connectivity index is 2.32. The lowest BCUT2D eigenvalue weighted by Crippen LogP contribution is -2.53. The molecule has 2 unspecified atom stereocenters. The average molecular weight is 219 g/mol. The van der Waals surface area contributed by atoms with Crippen LogP contribution in [0.3, 0.4) is 0 Å². The largest absolute Gasteiger partial charge is 0.388 e. The summed E-state index contributed by atoms with van der Waals surface area (Å²) in [6, 6.07) is -0.1000. The molecule has 1 heterocycles. The Labute approximate surface area is 90.4 Å². The zero-order chi connectivity index (χ0) is 10.6. The Kier molecular flexibility index (Phi) is 4.70. The Morgan fingerprint density at radius 3 is 2.93 bits per heavy atom. The van der Waals surface area contributed by atoms with Gasteiger partial charge in [-0.05, 0) is 26.0 Å². The maximum absolute atomic E-state index is 10.2. The van der Waals surface area contributed by atoms with Gasteiger partial charge in [-0.3, -0.25) is 0 Å². The van der Waals surface area contributed by atoms with Crippen molar-refractivity contribution in [1.29, 1.82) is 0 Å². The molecule has 14 heavy (non-hydrogen) atoms. The van der Waals surface area contributed by atoms with Gasteiger partial charge in [0.25, 0.3) is 0 Å². The van der Waals surface area contributed by atoms with Crippen molar-refractivity contribution in [2.24, 2.45) is 5.73 Å². The van der Waals surface area contributed by atoms with Crippen molar-refractivity contribution in [2.45, 2.75) is 44.4 Å². The van der Waals surface area contributed by atoms with E-state index in [1.165, 1.54) is 0 Å². The molecule has 0 saturated carbocycles. The molecule has 3 N–H and O–H groups in total. The van der Waals surface area contributed by atoms with Crippen molar-refractivity contribution in [2.75, 3.05) is 18.1 Å². The lowest BCUT2D eigenvalue weighted by atomic mass is 9.89. The van der Waals surface area contributed by atoms with Crippen LogP contribution in [0.1, 0.15) is 26.7 Å². The molecule has 1 fully saturated rings. The molecular weight excluding hydrogens is 198 g/mol. The molecule has 0 aromatic rings. The number of thioether (sulfide) groups is 1. The van der Waals surface area contributed by atoms with Crippen molar-refractivity contribution < 1.29 is 9.84 Å². The van der Waals surface area contributed by atoms with Crippen LogP contribution < -0.4 is 5.73 Å². The number of rotatable bonds is 4. The van der Waals surface area contributed by atoms with Gasteiger partial charge in [0.1, 0.15) is 0 Å². The third-order valence-electron chi connectivity index (χ3n) is 2.65. The summed E-state index contributed by atoms with van der Waals surface area (Å²) in [5.74, 6) is 1.87. The van der Waals surface area contributed by atoms with Gasteiger partial charge in [-0.15, -0.1) is 0 Å². The van der Waals surface area contributed by atoms with Gasteiger partial charge in [0.05, 0.1) is 11.7 Å². The summed E-state index contributed by atoms with van der Waals surface area (Å²) in [4.78, 5) is 0. The zero-order valence-corrected chi connectivity index (χ0v) is 9.85. The van der Waals surface area contributed by atoms with E-state index in [1.807, 2.05) is 25.6 Å². The maximum Gasteiger partial charge on any atom is 0.0835 e. The summed E-state index contributed by atoms with van der Waals surface area (Å²) in [6.45, 7) is 4.61. The van der Waals surface area contributed by atoms with Crippen LogP contribution in [0.5, 0.6) is 0 Å². The molecule has 1 aliphatic heterocycles. The summed E-state index contributed by atoms with van der Waals surface area (Å²) in [6.07, 6.45) is 1.68. The number of hydrogen-bond acceptors (Lipinski definition) is 4. The first kappa shape index (κ1) is 12.3. The predicted octanol–water partition coefficient (Wildman–Crippen LogP) is 0.997. The van der Waals surface area contributed by atoms with E-state index >= 15 is 0 Å². The van der Waals surface area contributed by atoms with E-state index in [9.17, 15) is 5.11 Å². The van der Waals surface area contributed by atoms with Gasteiger partial charge in [-0.2, -0.15) is 11.8 Å². The Bertz CT molecular complexity index is 178. The van der Waals surface area contributed by atoms with Crippen molar-refractivity contribution in [3.05, 3.63) is 0 Å². The highest BCUT2D eigenvalue weighted by molar-refractivity contribution is 7.99. The minimum atomic E-state index is -0.694. The van der Waals surface area contributed by atoms with Gasteiger partial charge in [0.15, 0.2) is 0 Å². The summed E-state index contributed by atoms with van der Waals surface area (Å²) >= 11 is 1.82. The standard InChI is InChI=1S/C10H21NO2S/c1-8(2)13-5-3-10(12)4-6-14-7-9(10)11/h8-9,12H,3-7,11H2,1-2H3. The van der Waals surface area contributed by atoms with Crippen LogP contribution in [0, 0.1) is 0 Å². The molecule has 0 radical (unpaired) electrons. The smallest absolute Gasteiger partial charge is 0.0835 e. The SMILES string of the molecule is CC(C)OCCC1(O)CCSCC1N. The van der Waals surface area contributed by atoms with Crippen LogP contribution in [0.25, 0.3) is 0 Å². The summed E-state index contributed by atoms with van der Waals surface area (Å²) < 4.78 is 5.44. The van der Waals surface area contributed by atoms with Crippen LogP contribution in [0.4, 0.5) is 0 Å². The second-order valence-electron chi connectivity index (χ2n) is 4.20. The van der Waals surface area contributed by atoms with Gasteiger partial charge in [0, 0.05) is 24.8 Å². The van der Waals surface area contributed by atoms with Crippen molar-refractivity contribution in [1.82, 2.24) is 0 Å². The van der Waals surface area contributed by atoms with E-state index in [0.29, 0.717) is 13.0 Å². The molecular formula is C10H21NO2S. The number of ether oxygens (including phenoxy) is 1. The molecule has 0 aromatic carbocycles. The molecule has 4 heteroatoms. The third kappa shape index (κ3) is 3.42. The average Bonchev–Trinajstić information content (AvgIpc) is 2.10. The van der Waals surface area contributed by atoms with E-state index in [2.05, 4.69) is 0 Å². The highest BCUT2D eigenvalue weighted by Crippen LogP contribution is 2.28. The third-order valence-corrected chi connectivity index (χ3v) is 3.74. The van der Waals surface area contributed by atoms with Gasteiger partial charge in [0.2, 0.25) is 0 Å². The van der Waals surface area contributed by atoms with Crippen LogP contribution in [0.15, 0.2) is 0 Å². The molecule has 0 aliphatic carbocycles. The maximum atomic E-state index is 10.2. The van der Waals surface area contributed by atoms with Crippen molar-refractivity contribution in [3.8, 4) is 0 Å². The highest BCUT2D eigenvalue weighted by atomic mass is 32.2. The molecule has 84 valence electrons. The summed E-state index contributed by atoms with van der Waals surface area (Å²) in [5, 5.41) is 10.2. The van der Waals surface area contributed by atoms with E-state index in [-0.39, 0.29) is 12.1 Å². The van der Waals surface area contributed by atoms with Crippen molar-refractivity contribution in [3.63, 3.8) is 0 Å². The molecule has 0 aromatic heterocycles. The molecule has 3 nitrogen and oxygen atoms in total. The first-order chi connectivity index (χ1) is 6.54. The number of hydrogen-bond donors (Lipinski definition) is 2. The quantitative estimate of drug-likeness (QED) is 0.740. The van der Waals surface area contributed by atoms with Crippen LogP contribution >= 0.6 is 11.8 Å². The summed E-state index contributed by atoms with van der Waals surface area (Å²) in [7, 11) is 0. The molecule has 1 saturated heterocycles. The Morgan fingerprint density at radius 1 is 1.64 bits per heavy atom. The van der Waals surface area contributed by atoms with Gasteiger partial charge < -0.3 is 15.6 Å². The molecule has 0 amide bonds. The van der Waals surface area contributed by atoms with Gasteiger partial charge >= 0.3 is 0 Å². The second kappa shape index (κ2) is 5.35. The van der Waals surface area contributed by atoms with E-state index < -0.39 is 5.60 Å². The fourth-order valence-electron chi connectivity index (χ4n) is 1.58. The Hall–Kier alpha value is 0.230. The molecule has 0 spiro atoms. The van der Waals surface area contributed by atoms with Crippen molar-refractivity contribution >= 4 is 11.8 Å². The number of aliphatic hydroxyl groups is 1. The minimum absolute atomic E-state index is 0.1000. The normalized spacial score (nSPS) is 33.6. The summed E-state index contributed by atoms with van der Waals surface area (Å²) in [5.41, 5.74) is 5.21. The first-order valence-corrected chi connectivity index (χ1v) is 6.37. The lowest BCUT2D eigenvalue weighted by molar-refractivity contribution is -0.0290. The molecule has 0 bridgehead atoms. The van der Waals surface area contributed by atoms with Crippen LogP contribution in [0.2, 0.25) is 0 Å². The predicted molar refractivity (Wildman–Crippen MR) is 60.6 cm³/mol. The lowest BCUT2D eigenvalue weighted by Gasteiger charge is -2.37. The second-order valence-corrected chi connectivity index (χ2v) is 5.35. The minimum Gasteiger partial charge on any atom is -0.388 e. The van der Waals surface area contributed by atoms with Crippen LogP contribution in [-0.2, 0) is 4.74 Å². The molecule has 1 rings (SSSR count). The van der Waals surface area contributed by atoms with Gasteiger partial charge in [-0.1, -0.05) is 0 Å². The van der Waals surface area contributed by atoms with E-state index in [0.717, 1.165) is 17.9 Å².